The van der Waals surface area contributed by atoms with Crippen LogP contribution in [0.25, 0.3) is 22.3 Å². The van der Waals surface area contributed by atoms with Crippen LogP contribution in [0.1, 0.15) is 161 Å². The zero-order valence-electron chi connectivity index (χ0n) is 72.2. The fourth-order valence-corrected chi connectivity index (χ4v) is 26.7. The summed E-state index contributed by atoms with van der Waals surface area (Å²) in [6, 6.07) is 37.2. The highest BCUT2D eigenvalue weighted by Gasteiger charge is 2.66. The molecule has 8 aliphatic carbocycles. The quantitative estimate of drug-likeness (QED) is 0.0500. The molecular weight excluding hydrogens is 1490 g/mol. The molecule has 8 aliphatic rings. The van der Waals surface area contributed by atoms with Crippen LogP contribution in [0.3, 0.4) is 0 Å². The van der Waals surface area contributed by atoms with Crippen molar-refractivity contribution in [2.45, 2.75) is 162 Å². The van der Waals surface area contributed by atoms with Crippen molar-refractivity contribution in [3.8, 4) is 22.3 Å². The number of benzene rings is 4. The summed E-state index contributed by atoms with van der Waals surface area (Å²) >= 11 is 3.53. The Hall–Kier alpha value is -1.10. The lowest BCUT2D eigenvalue weighted by molar-refractivity contribution is -0.188. The van der Waals surface area contributed by atoms with Gasteiger partial charge in [0.15, 0.2) is 5.78 Å². The Morgan fingerprint density at radius 2 is 0.742 bits per heavy atom. The Labute approximate surface area is 770 Å². The monoisotopic (exact) mass is 1600 g/mol. The molecule has 42 radical (unpaired) electrons. The average Bonchev–Trinajstić information content (AvgIpc) is 1.23. The summed E-state index contributed by atoms with van der Waals surface area (Å²) in [5.74, 6) is 5.75. The molecule has 4 aromatic rings. The van der Waals surface area contributed by atoms with Crippen molar-refractivity contribution in [3.63, 3.8) is 0 Å². The van der Waals surface area contributed by atoms with E-state index < -0.39 is 133 Å². The van der Waals surface area contributed by atoms with E-state index in [1.165, 1.54) is 61.1 Å². The van der Waals surface area contributed by atoms with E-state index in [2.05, 4.69) is 109 Å². The number of ketones is 1. The largest absolute Gasteiger partial charge is 0.390 e. The van der Waals surface area contributed by atoms with Crippen molar-refractivity contribution in [3.05, 3.63) is 119 Å². The number of hydroxylamine groups is 2. The number of hydrogen-bond acceptors (Lipinski definition) is 7. The smallest absolute Gasteiger partial charge is 0.249 e. The highest BCUT2D eigenvalue weighted by atomic mass is 79.9. The van der Waals surface area contributed by atoms with Crippen molar-refractivity contribution in [1.29, 1.82) is 0 Å². The lowest BCUT2D eigenvalue weighted by atomic mass is 8.27. The number of fused-ring (bicyclic) bond motifs is 10. The van der Waals surface area contributed by atoms with Crippen molar-refractivity contribution in [1.82, 2.24) is 5.06 Å². The number of amides is 1. The van der Waals surface area contributed by atoms with Gasteiger partial charge in [-0.15, -0.1) is 0 Å². The highest BCUT2D eigenvalue weighted by Crippen LogP contribution is 2.70. The second-order valence-electron chi connectivity index (χ2n) is 38.5. The number of halogens is 1. The van der Waals surface area contributed by atoms with E-state index in [0.717, 1.165) is 105 Å². The van der Waals surface area contributed by atoms with E-state index >= 15 is 0 Å². The number of nitrogens with zero attached hydrogens (tertiary/aromatic N) is 1. The molecule has 8 fully saturated rings. The molecule has 16 atom stereocenters. The molecule has 0 unspecified atom stereocenters. The van der Waals surface area contributed by atoms with Gasteiger partial charge in [0.25, 0.3) is 0 Å². The SMILES string of the molecule is Brc1ccccc1-c1ccccc1.C.COC[C@]12CC[C@@](C)(O)C[C@@H]1CC[C@H]1[C@@H]3CC[C@H](C(=O)N(C)OC)[C@@]3(C)CC[C@@H]12.COC[C@]12CC[C@@](C)(O)C[C@@H]1CC[C@H]1[C@@H]3CC[C@H](C(=O)c4ccccc4-c4ccccc4)[C@@]3(C)CC[C@@H]12.[B]B([B])B([B])B(B([B])[B])B(B(B(B([B])[B])B([B])[B])B(B([B])[B])B([B])[B])B(B(B([B])[B])B([B])[B])B(B([B])[B])B([B])[B]. The summed E-state index contributed by atoms with van der Waals surface area (Å²) in [4.78, 5) is 32.5. The molecule has 0 spiro atoms. The maximum absolute atomic E-state index is 14.3. The van der Waals surface area contributed by atoms with Crippen LogP contribution in [-0.4, -0.2) is 364 Å². The number of ether oxygens (including phenoxy) is 2. The number of Topliss-reactive ketones (excluding diaryl/α,β-unsaturated/α-hetero) is 1. The van der Waals surface area contributed by atoms with Gasteiger partial charge in [-0.1, -0.05) is 140 Å². The number of hydrogen-bond donors (Lipinski definition) is 2. The van der Waals surface area contributed by atoms with Crippen molar-refractivity contribution in [2.75, 3.05) is 41.6 Å². The van der Waals surface area contributed by atoms with Crippen LogP contribution in [-0.2, 0) is 19.1 Å². The number of carbonyl (C=O) groups excluding carboxylic acids is 2. The van der Waals surface area contributed by atoms with Crippen LogP contribution in [0.2, 0.25) is 0 Å². The molecule has 12 rings (SSSR count). The number of carbonyl (C=O) groups is 2. The molecule has 0 aliphatic heterocycles. The summed E-state index contributed by atoms with van der Waals surface area (Å²) in [7, 11) is 138. The summed E-state index contributed by atoms with van der Waals surface area (Å²) in [6.45, 7) is 10.5. The fourth-order valence-electron chi connectivity index (χ4n) is 26.2. The first-order chi connectivity index (χ1) is 56.0. The zero-order chi connectivity index (χ0) is 87.9. The van der Waals surface area contributed by atoms with Crippen molar-refractivity contribution >= 4 is 311 Å². The Morgan fingerprint density at radius 3 is 1.11 bits per heavy atom. The van der Waals surface area contributed by atoms with Gasteiger partial charge in [-0.3, -0.25) is 14.4 Å². The molecule has 120 heavy (non-hydrogen) atoms. The predicted octanol–water partition coefficient (Wildman–Crippen LogP) is 1.14. The molecule has 49 heteroatoms. The average molecular weight is 1590 g/mol. The van der Waals surface area contributed by atoms with Crippen LogP contribution >= 0.6 is 15.9 Å². The van der Waals surface area contributed by atoms with Gasteiger partial charge < -0.3 is 19.7 Å². The van der Waals surface area contributed by atoms with Gasteiger partial charge in [-0.25, -0.2) is 5.06 Å². The molecule has 0 saturated heterocycles. The molecule has 0 aromatic heterocycles. The first-order valence-corrected chi connectivity index (χ1v) is 44.4. The summed E-state index contributed by atoms with van der Waals surface area (Å²) in [6.07, 6.45) is -2.04. The topological polar surface area (TPSA) is 106 Å². The van der Waals surface area contributed by atoms with E-state index in [-0.39, 0.29) is 46.8 Å². The predicted molar refractivity (Wildman–Crippen MR) is 557 cm³/mol. The normalized spacial score (nSPS) is 28.8. The van der Waals surface area contributed by atoms with Crippen LogP contribution in [0.5, 0.6) is 0 Å². The molecule has 2 N–H and O–H groups in total. The minimum atomic E-state index is -1.25. The molecule has 0 bridgehead atoms. The van der Waals surface area contributed by atoms with Crippen molar-refractivity contribution < 1.29 is 34.1 Å². The van der Waals surface area contributed by atoms with E-state index in [1.54, 1.807) is 14.2 Å². The van der Waals surface area contributed by atoms with Gasteiger partial charge in [0, 0.05) is 327 Å². The summed E-state index contributed by atoms with van der Waals surface area (Å²) in [5.41, 5.74) is 5.11. The minimum Gasteiger partial charge on any atom is -0.390 e. The molecule has 8 saturated carbocycles. The molecule has 0 heterocycles. The molecule has 8 nitrogen and oxygen atoms in total. The molecular formula is C71H98B40BrNO7. The number of rotatable bonds is 28. The molecule has 1 amide bonds. The van der Waals surface area contributed by atoms with Crippen LogP contribution in [0.15, 0.2) is 114 Å². The second kappa shape index (κ2) is 44.7. The van der Waals surface area contributed by atoms with Gasteiger partial charge >= 0.3 is 0 Å². The highest BCUT2D eigenvalue weighted by molar-refractivity contribution is 9.10. The van der Waals surface area contributed by atoms with Gasteiger partial charge in [0.2, 0.25) is 5.91 Å². The van der Waals surface area contributed by atoms with Gasteiger partial charge in [0.1, 0.15) is 0 Å². The summed E-state index contributed by atoms with van der Waals surface area (Å²) in [5, 5.41) is 23.1. The first kappa shape index (κ1) is 104. The third-order valence-electron chi connectivity index (χ3n) is 31.6. The van der Waals surface area contributed by atoms with Crippen LogP contribution in [0, 0.1) is 80.8 Å². The van der Waals surface area contributed by atoms with Crippen molar-refractivity contribution in [2.24, 2.45) is 80.8 Å². The third kappa shape index (κ3) is 22.7. The van der Waals surface area contributed by atoms with Crippen LogP contribution in [0.4, 0.5) is 0 Å². The maximum Gasteiger partial charge on any atom is 0.249 e. The van der Waals surface area contributed by atoms with E-state index in [9.17, 15) is 19.8 Å². The third-order valence-corrected chi connectivity index (χ3v) is 32.3. The molecule has 4 aromatic carbocycles. The Bertz CT molecular complexity index is 3750. The Kier molecular flexibility index (Phi) is 38.8. The van der Waals surface area contributed by atoms with Gasteiger partial charge in [-0.05, 0) is 227 Å². The lowest BCUT2D eigenvalue weighted by Gasteiger charge is -2.62. The zero-order valence-corrected chi connectivity index (χ0v) is 73.7. The number of aliphatic hydroxyl groups is 2. The van der Waals surface area contributed by atoms with Gasteiger partial charge in [0.05, 0.1) is 31.5 Å². The second-order valence-corrected chi connectivity index (χ2v) is 39.3. The van der Waals surface area contributed by atoms with Gasteiger partial charge in [-0.2, -0.15) is 0 Å². The summed E-state index contributed by atoms with van der Waals surface area (Å²) < 4.78 is 12.9. The standard InChI is InChI=1S/C34H44O3.C24H41NO4.C12H9Br.CH4.B40/c1-32(36)19-20-34(22-37-3)24(21-32)13-14-27-28-15-16-30(33(28,2)18-17-29(27)34)31(35)26-12-8-7-11-25(26)23-9-5-4-6-10-23;1-22(27)12-13-24(15-28-4)16(14-22)6-7-17-18-8-9-20(21(26)25(3)29-5)23(18,2)11-10-19(17)24;13-12-9-5-4-8-11(12)10-6-2-1-3-7-10;;1-22(2)32(21)37(31(19)20)40(38(33(23(3)4)24(5)6)34(25(7)8)26(9)10)39(35(27(11)12)28(13)14)36(29(15)16)30(17)18/h4-12,24,27-30,36H,13-22H2,1-3H3;16-20,27H,6-15H2,1-5H3;1-9H;1H4;/t24-,27-,28-,29-,30+,32+,33-,34+;16-,17-,18-,19-,20+,22+,23-,24+;;;/m00.../s1. The fraction of sp³-hybridized carbons (Fsp3) is 0.634. The minimum absolute atomic E-state index is 0. The van der Waals surface area contributed by atoms with Crippen LogP contribution < -0.4 is 0 Å². The van der Waals surface area contributed by atoms with E-state index in [0.29, 0.717) is 53.1 Å². The Balaban J connectivity index is 0.000000208. The van der Waals surface area contributed by atoms with E-state index in [1.807, 2.05) is 58.4 Å². The molecule has 556 valence electrons. The Morgan fingerprint density at radius 1 is 0.400 bits per heavy atom. The lowest BCUT2D eigenvalue weighted by Crippen LogP contribution is -2.92. The first-order valence-electron chi connectivity index (χ1n) is 43.6. The number of methoxy groups -OCH3 is 2. The maximum atomic E-state index is 14.3. The van der Waals surface area contributed by atoms with E-state index in [4.69, 9.17) is 177 Å².